The molecule has 1 aromatic carbocycles. The summed E-state index contributed by atoms with van der Waals surface area (Å²) in [5.74, 6) is 0. The van der Waals surface area contributed by atoms with Crippen LogP contribution >= 0.6 is 0 Å². The molecule has 0 heterocycles. The van der Waals surface area contributed by atoms with E-state index >= 15 is 0 Å². The van der Waals surface area contributed by atoms with Crippen molar-refractivity contribution in [3.63, 3.8) is 0 Å². The summed E-state index contributed by atoms with van der Waals surface area (Å²) in [6, 6.07) is 8.45. The monoisotopic (exact) mass is 207 g/mol. The van der Waals surface area contributed by atoms with Crippen LogP contribution in [0.2, 0.25) is 0 Å². The Bertz CT molecular complexity index is 275. The number of benzene rings is 1. The van der Waals surface area contributed by atoms with Gasteiger partial charge >= 0.3 is 0 Å². The maximum atomic E-state index is 9.27. The van der Waals surface area contributed by atoms with E-state index in [1.165, 1.54) is 11.3 Å². The molecule has 15 heavy (non-hydrogen) atoms. The highest BCUT2D eigenvalue weighted by Crippen LogP contribution is 2.15. The third-order valence-corrected chi connectivity index (χ3v) is 2.60. The lowest BCUT2D eigenvalue weighted by atomic mass is 10.1. The van der Waals surface area contributed by atoms with Gasteiger partial charge in [0.2, 0.25) is 0 Å². The topological polar surface area (TPSA) is 23.5 Å². The quantitative estimate of drug-likeness (QED) is 0.801. The summed E-state index contributed by atoms with van der Waals surface area (Å²) >= 11 is 0. The maximum absolute atomic E-state index is 9.27. The van der Waals surface area contributed by atoms with Gasteiger partial charge in [0.15, 0.2) is 0 Å². The van der Waals surface area contributed by atoms with Gasteiger partial charge in [-0.3, -0.25) is 0 Å². The highest BCUT2D eigenvalue weighted by Gasteiger charge is 2.02. The Morgan fingerprint density at radius 2 is 1.67 bits per heavy atom. The van der Waals surface area contributed by atoms with Crippen molar-refractivity contribution in [2.75, 3.05) is 18.0 Å². The van der Waals surface area contributed by atoms with Crippen LogP contribution < -0.4 is 4.90 Å². The molecule has 0 aliphatic heterocycles. The predicted molar refractivity (Wildman–Crippen MR) is 65.4 cm³/mol. The van der Waals surface area contributed by atoms with Crippen LogP contribution in [-0.4, -0.2) is 24.3 Å². The summed E-state index contributed by atoms with van der Waals surface area (Å²) in [5, 5.41) is 9.27. The van der Waals surface area contributed by atoms with Gasteiger partial charge in [-0.05, 0) is 44.9 Å². The van der Waals surface area contributed by atoms with Crippen molar-refractivity contribution in [3.05, 3.63) is 29.8 Å². The number of nitrogens with zero attached hydrogens (tertiary/aromatic N) is 1. The lowest BCUT2D eigenvalue weighted by Crippen LogP contribution is -2.21. The molecule has 0 spiro atoms. The van der Waals surface area contributed by atoms with Gasteiger partial charge in [0.05, 0.1) is 6.10 Å². The van der Waals surface area contributed by atoms with E-state index in [9.17, 15) is 5.11 Å². The Kier molecular flexibility index (Phi) is 4.63. The van der Waals surface area contributed by atoms with Gasteiger partial charge in [0.1, 0.15) is 0 Å². The molecule has 0 radical (unpaired) electrons. The van der Waals surface area contributed by atoms with Crippen molar-refractivity contribution in [1.82, 2.24) is 0 Å². The Labute approximate surface area is 92.5 Å². The van der Waals surface area contributed by atoms with E-state index in [1.54, 1.807) is 0 Å². The van der Waals surface area contributed by atoms with E-state index in [1.807, 2.05) is 6.92 Å². The lowest BCUT2D eigenvalue weighted by Gasteiger charge is -2.21. The van der Waals surface area contributed by atoms with Gasteiger partial charge in [-0.15, -0.1) is 0 Å². The lowest BCUT2D eigenvalue weighted by molar-refractivity contribution is 0.195. The Hall–Kier alpha value is -1.02. The summed E-state index contributed by atoms with van der Waals surface area (Å²) in [5.41, 5.74) is 2.45. The third-order valence-electron chi connectivity index (χ3n) is 2.60. The van der Waals surface area contributed by atoms with Crippen LogP contribution in [0.5, 0.6) is 0 Å². The highest BCUT2D eigenvalue weighted by molar-refractivity contribution is 5.47. The van der Waals surface area contributed by atoms with Crippen molar-refractivity contribution in [3.8, 4) is 0 Å². The molecular weight excluding hydrogens is 186 g/mol. The van der Waals surface area contributed by atoms with Crippen molar-refractivity contribution >= 4 is 5.69 Å². The largest absolute Gasteiger partial charge is 0.393 e. The maximum Gasteiger partial charge on any atom is 0.0552 e. The van der Waals surface area contributed by atoms with E-state index in [0.29, 0.717) is 0 Å². The first-order chi connectivity index (χ1) is 7.17. The molecular formula is C13H21NO. The van der Waals surface area contributed by atoms with Crippen LogP contribution in [0.15, 0.2) is 24.3 Å². The second-order valence-electron chi connectivity index (χ2n) is 3.89. The summed E-state index contributed by atoms with van der Waals surface area (Å²) in [4.78, 5) is 2.31. The number of anilines is 1. The van der Waals surface area contributed by atoms with Gasteiger partial charge in [-0.25, -0.2) is 0 Å². The van der Waals surface area contributed by atoms with Crippen molar-refractivity contribution in [2.24, 2.45) is 0 Å². The molecule has 1 aromatic rings. The Balaban J connectivity index is 2.71. The fourth-order valence-corrected chi connectivity index (χ4v) is 1.77. The Morgan fingerprint density at radius 1 is 1.13 bits per heavy atom. The molecule has 0 saturated carbocycles. The van der Waals surface area contributed by atoms with Gasteiger partial charge < -0.3 is 10.0 Å². The summed E-state index contributed by atoms with van der Waals surface area (Å²) in [6.07, 6.45) is 0.475. The average molecular weight is 207 g/mol. The standard InChI is InChI=1S/C13H21NO/c1-4-14(5-2)13-8-6-12(7-9-13)10-11(3)15/h6-9,11,15H,4-5,10H2,1-3H3/t11-/m1/s1. The minimum absolute atomic E-state index is 0.260. The van der Waals surface area contributed by atoms with Gasteiger partial charge in [-0.2, -0.15) is 0 Å². The number of hydrogen-bond acceptors (Lipinski definition) is 2. The van der Waals surface area contributed by atoms with Crippen LogP contribution in [0, 0.1) is 0 Å². The van der Waals surface area contributed by atoms with E-state index in [0.717, 1.165) is 19.5 Å². The zero-order valence-corrected chi connectivity index (χ0v) is 9.90. The first-order valence-electron chi connectivity index (χ1n) is 5.69. The molecule has 0 aliphatic carbocycles. The fraction of sp³-hybridized carbons (Fsp3) is 0.538. The van der Waals surface area contributed by atoms with Crippen molar-refractivity contribution in [1.29, 1.82) is 0 Å². The van der Waals surface area contributed by atoms with Gasteiger partial charge in [0, 0.05) is 18.8 Å². The predicted octanol–water partition coefficient (Wildman–Crippen LogP) is 2.46. The summed E-state index contributed by atoms with van der Waals surface area (Å²) < 4.78 is 0. The number of aliphatic hydroxyl groups excluding tert-OH is 1. The normalized spacial score (nSPS) is 12.5. The van der Waals surface area contributed by atoms with Crippen molar-refractivity contribution < 1.29 is 5.11 Å². The number of hydrogen-bond donors (Lipinski definition) is 1. The molecule has 0 aromatic heterocycles. The number of rotatable bonds is 5. The molecule has 2 heteroatoms. The molecule has 0 unspecified atom stereocenters. The molecule has 0 bridgehead atoms. The fourth-order valence-electron chi connectivity index (χ4n) is 1.77. The smallest absolute Gasteiger partial charge is 0.0552 e. The highest BCUT2D eigenvalue weighted by atomic mass is 16.3. The van der Waals surface area contributed by atoms with E-state index in [4.69, 9.17) is 0 Å². The van der Waals surface area contributed by atoms with Crippen LogP contribution in [0.1, 0.15) is 26.3 Å². The zero-order valence-electron chi connectivity index (χ0n) is 9.90. The molecule has 0 amide bonds. The first kappa shape index (κ1) is 12.1. The van der Waals surface area contributed by atoms with Crippen LogP contribution in [0.25, 0.3) is 0 Å². The average Bonchev–Trinajstić information content (AvgIpc) is 2.21. The summed E-state index contributed by atoms with van der Waals surface area (Å²) in [6.45, 7) is 8.21. The SMILES string of the molecule is CCN(CC)c1ccc(C[C@@H](C)O)cc1. The van der Waals surface area contributed by atoms with E-state index in [2.05, 4.69) is 43.0 Å². The van der Waals surface area contributed by atoms with Crippen molar-refractivity contribution in [2.45, 2.75) is 33.3 Å². The first-order valence-corrected chi connectivity index (χ1v) is 5.69. The third kappa shape index (κ3) is 3.56. The molecule has 2 nitrogen and oxygen atoms in total. The second kappa shape index (κ2) is 5.76. The molecule has 1 rings (SSSR count). The minimum Gasteiger partial charge on any atom is -0.393 e. The van der Waals surface area contributed by atoms with Crippen LogP contribution in [0.4, 0.5) is 5.69 Å². The zero-order chi connectivity index (χ0) is 11.3. The molecule has 0 saturated heterocycles. The minimum atomic E-state index is -0.260. The van der Waals surface area contributed by atoms with E-state index < -0.39 is 0 Å². The van der Waals surface area contributed by atoms with Gasteiger partial charge in [-0.1, -0.05) is 12.1 Å². The van der Waals surface area contributed by atoms with Crippen LogP contribution in [0.3, 0.4) is 0 Å². The second-order valence-corrected chi connectivity index (χ2v) is 3.89. The molecule has 0 fully saturated rings. The summed E-state index contributed by atoms with van der Waals surface area (Å²) in [7, 11) is 0. The van der Waals surface area contributed by atoms with Crippen LogP contribution in [-0.2, 0) is 6.42 Å². The number of aliphatic hydroxyl groups is 1. The molecule has 1 N–H and O–H groups in total. The molecule has 0 aliphatic rings. The Morgan fingerprint density at radius 3 is 2.07 bits per heavy atom. The van der Waals surface area contributed by atoms with E-state index in [-0.39, 0.29) is 6.10 Å². The van der Waals surface area contributed by atoms with Gasteiger partial charge in [0.25, 0.3) is 0 Å². The molecule has 84 valence electrons. The molecule has 1 atom stereocenters.